The Kier molecular flexibility index (Phi) is 6.38. The summed E-state index contributed by atoms with van der Waals surface area (Å²) in [5.41, 5.74) is 1.09. The molecule has 1 aliphatic heterocycles. The highest BCUT2D eigenvalue weighted by atomic mass is 32.2. The molecule has 1 N–H and O–H groups in total. The van der Waals surface area contributed by atoms with Gasteiger partial charge < -0.3 is 10.1 Å². The van der Waals surface area contributed by atoms with Crippen LogP contribution in [0.1, 0.15) is 31.0 Å². The van der Waals surface area contributed by atoms with E-state index in [0.29, 0.717) is 36.5 Å². The highest BCUT2D eigenvalue weighted by Gasteiger charge is 2.41. The van der Waals surface area contributed by atoms with Crippen LogP contribution in [-0.4, -0.2) is 62.7 Å². The van der Waals surface area contributed by atoms with Crippen molar-refractivity contribution in [1.82, 2.24) is 30.0 Å². The lowest BCUT2D eigenvalue weighted by molar-refractivity contribution is -0.126. The number of amides is 1. The number of halogens is 3. The molecule has 3 aromatic heterocycles. The summed E-state index contributed by atoms with van der Waals surface area (Å²) < 4.78 is 68.7. The standard InChI is InChI=1S/C23H23F3N6O4S/c1-23(6-7-37(34,35)12-23)30-21(33)13-2-4-15-17(8-13)32(18-5-3-14(24)9-28-18)31-20(15)16-10-27-11-19(29-16)36-22(25)26/h3,5,9-11,13,22H,2,4,6-8,12H2,1H3,(H,30,33)/t13?,23-/m0/s1. The molecule has 10 nitrogen and oxygen atoms in total. The van der Waals surface area contributed by atoms with E-state index in [9.17, 15) is 26.4 Å². The summed E-state index contributed by atoms with van der Waals surface area (Å²) in [7, 11) is -3.20. The molecule has 196 valence electrons. The summed E-state index contributed by atoms with van der Waals surface area (Å²) in [6.45, 7) is -1.35. The average Bonchev–Trinajstić information content (AvgIpc) is 3.35. The van der Waals surface area contributed by atoms with E-state index in [1.807, 2.05) is 0 Å². The van der Waals surface area contributed by atoms with Crippen LogP contribution in [-0.2, 0) is 27.5 Å². The fourth-order valence-electron chi connectivity index (χ4n) is 4.84. The van der Waals surface area contributed by atoms with Crippen molar-refractivity contribution in [3.63, 3.8) is 0 Å². The molecule has 0 saturated carbocycles. The van der Waals surface area contributed by atoms with Crippen molar-refractivity contribution >= 4 is 15.7 Å². The average molecular weight is 537 g/mol. The number of carbonyl (C=O) groups is 1. The van der Waals surface area contributed by atoms with Crippen molar-refractivity contribution < 1.29 is 31.1 Å². The minimum absolute atomic E-state index is 0.0281. The van der Waals surface area contributed by atoms with Gasteiger partial charge in [-0.25, -0.2) is 27.5 Å². The minimum Gasteiger partial charge on any atom is -0.415 e. The number of alkyl halides is 2. The van der Waals surface area contributed by atoms with Crippen LogP contribution in [0.3, 0.4) is 0 Å². The van der Waals surface area contributed by atoms with Gasteiger partial charge in [0.05, 0.1) is 41.3 Å². The predicted molar refractivity (Wildman–Crippen MR) is 124 cm³/mol. The Morgan fingerprint density at radius 2 is 2.08 bits per heavy atom. The van der Waals surface area contributed by atoms with Gasteiger partial charge >= 0.3 is 6.61 Å². The summed E-state index contributed by atoms with van der Waals surface area (Å²) in [4.78, 5) is 25.3. The van der Waals surface area contributed by atoms with Gasteiger partial charge in [-0.1, -0.05) is 0 Å². The third kappa shape index (κ3) is 5.29. The summed E-state index contributed by atoms with van der Waals surface area (Å²) >= 11 is 0. The lowest BCUT2D eigenvalue weighted by atomic mass is 9.85. The van der Waals surface area contributed by atoms with Gasteiger partial charge in [-0.2, -0.15) is 13.9 Å². The largest absolute Gasteiger partial charge is 0.415 e. The van der Waals surface area contributed by atoms with E-state index in [2.05, 4.69) is 30.1 Å². The third-order valence-electron chi connectivity index (χ3n) is 6.57. The van der Waals surface area contributed by atoms with Crippen LogP contribution in [0.25, 0.3) is 17.2 Å². The Morgan fingerprint density at radius 1 is 1.27 bits per heavy atom. The van der Waals surface area contributed by atoms with Crippen LogP contribution in [0.2, 0.25) is 0 Å². The molecule has 1 unspecified atom stereocenters. The van der Waals surface area contributed by atoms with Crippen LogP contribution in [0.5, 0.6) is 5.88 Å². The number of aromatic nitrogens is 5. The van der Waals surface area contributed by atoms with Gasteiger partial charge in [0.2, 0.25) is 11.8 Å². The molecule has 0 spiro atoms. The number of rotatable bonds is 6. The molecule has 2 atom stereocenters. The summed E-state index contributed by atoms with van der Waals surface area (Å²) in [5.74, 6) is -1.43. The third-order valence-corrected chi connectivity index (χ3v) is 8.47. The summed E-state index contributed by atoms with van der Waals surface area (Å²) in [5, 5.41) is 7.51. The maximum atomic E-state index is 13.5. The SMILES string of the molecule is C[C@]1(NC(=O)C2CCc3c(-c4cncc(OC(F)F)n4)nn(-c4ccc(F)cn4)c3C2)CCS(=O)(=O)C1. The minimum atomic E-state index is -3.20. The van der Waals surface area contributed by atoms with Gasteiger partial charge in [-0.3, -0.25) is 9.78 Å². The molecule has 3 aromatic rings. The van der Waals surface area contributed by atoms with Crippen LogP contribution < -0.4 is 10.1 Å². The van der Waals surface area contributed by atoms with Gasteiger partial charge in [-0.15, -0.1) is 0 Å². The molecule has 0 bridgehead atoms. The number of pyridine rings is 1. The molecule has 1 amide bonds. The first-order valence-corrected chi connectivity index (χ1v) is 13.4. The normalized spacial score (nSPS) is 22.6. The quantitative estimate of drug-likeness (QED) is 0.508. The Balaban J connectivity index is 1.49. The molecule has 14 heteroatoms. The summed E-state index contributed by atoms with van der Waals surface area (Å²) in [6.07, 6.45) is 4.90. The maximum absolute atomic E-state index is 13.5. The second-order valence-corrected chi connectivity index (χ2v) is 11.7. The highest BCUT2D eigenvalue weighted by molar-refractivity contribution is 7.91. The molecule has 37 heavy (non-hydrogen) atoms. The first-order chi connectivity index (χ1) is 17.5. The predicted octanol–water partition coefficient (Wildman–Crippen LogP) is 2.26. The van der Waals surface area contributed by atoms with Gasteiger partial charge in [0.1, 0.15) is 17.2 Å². The van der Waals surface area contributed by atoms with E-state index >= 15 is 0 Å². The van der Waals surface area contributed by atoms with Crippen molar-refractivity contribution in [3.05, 3.63) is 47.8 Å². The van der Waals surface area contributed by atoms with E-state index in [-0.39, 0.29) is 35.4 Å². The van der Waals surface area contributed by atoms with Gasteiger partial charge in [0.15, 0.2) is 15.7 Å². The second kappa shape index (κ2) is 9.39. The number of fused-ring (bicyclic) bond motifs is 1. The van der Waals surface area contributed by atoms with Crippen molar-refractivity contribution in [2.75, 3.05) is 11.5 Å². The first kappa shape index (κ1) is 25.1. The van der Waals surface area contributed by atoms with Gasteiger partial charge in [0.25, 0.3) is 0 Å². The molecular weight excluding hydrogens is 513 g/mol. The number of hydrogen-bond acceptors (Lipinski definition) is 8. The van der Waals surface area contributed by atoms with Crippen LogP contribution in [0, 0.1) is 11.7 Å². The molecular formula is C23H23F3N6O4S. The lowest BCUT2D eigenvalue weighted by Crippen LogP contribution is -2.50. The Morgan fingerprint density at radius 3 is 2.76 bits per heavy atom. The Hall–Kier alpha value is -3.55. The van der Waals surface area contributed by atoms with E-state index in [1.165, 1.54) is 23.0 Å². The van der Waals surface area contributed by atoms with E-state index in [1.54, 1.807) is 6.92 Å². The molecule has 1 saturated heterocycles. The zero-order valence-electron chi connectivity index (χ0n) is 19.7. The van der Waals surface area contributed by atoms with E-state index in [4.69, 9.17) is 0 Å². The second-order valence-electron chi connectivity index (χ2n) is 9.47. The molecule has 1 fully saturated rings. The molecule has 4 heterocycles. The topological polar surface area (TPSA) is 129 Å². The monoisotopic (exact) mass is 536 g/mol. The number of sulfone groups is 1. The lowest BCUT2D eigenvalue weighted by Gasteiger charge is -2.29. The molecule has 0 radical (unpaired) electrons. The zero-order chi connectivity index (χ0) is 26.4. The Bertz CT molecular complexity index is 1450. The van der Waals surface area contributed by atoms with Gasteiger partial charge in [-0.05, 0) is 38.3 Å². The zero-order valence-corrected chi connectivity index (χ0v) is 20.5. The maximum Gasteiger partial charge on any atom is 0.388 e. The van der Waals surface area contributed by atoms with Crippen molar-refractivity contribution in [2.45, 2.75) is 44.8 Å². The highest BCUT2D eigenvalue weighted by Crippen LogP contribution is 2.35. The van der Waals surface area contributed by atoms with Crippen LogP contribution >= 0.6 is 0 Å². The number of nitrogens with zero attached hydrogens (tertiary/aromatic N) is 5. The number of hydrogen-bond donors (Lipinski definition) is 1. The van der Waals surface area contributed by atoms with E-state index in [0.717, 1.165) is 18.0 Å². The van der Waals surface area contributed by atoms with Gasteiger partial charge in [0, 0.05) is 17.9 Å². The molecule has 2 aliphatic rings. The fourth-order valence-corrected chi connectivity index (χ4v) is 6.94. The smallest absolute Gasteiger partial charge is 0.388 e. The number of carbonyl (C=O) groups excluding carboxylic acids is 1. The number of ether oxygens (including phenoxy) is 1. The first-order valence-electron chi connectivity index (χ1n) is 11.5. The van der Waals surface area contributed by atoms with Crippen LogP contribution in [0.15, 0.2) is 30.7 Å². The molecule has 1 aliphatic carbocycles. The fraction of sp³-hybridized carbons (Fsp3) is 0.435. The van der Waals surface area contributed by atoms with Crippen molar-refractivity contribution in [2.24, 2.45) is 5.92 Å². The van der Waals surface area contributed by atoms with Crippen LogP contribution in [0.4, 0.5) is 13.2 Å². The molecule has 5 rings (SSSR count). The number of nitrogens with one attached hydrogen (secondary N) is 1. The van der Waals surface area contributed by atoms with Crippen molar-refractivity contribution in [1.29, 1.82) is 0 Å². The summed E-state index contributed by atoms with van der Waals surface area (Å²) in [6, 6.07) is 2.66. The van der Waals surface area contributed by atoms with Crippen molar-refractivity contribution in [3.8, 4) is 23.1 Å². The molecule has 0 aromatic carbocycles. The van der Waals surface area contributed by atoms with E-state index < -0.39 is 33.7 Å². The Labute approximate surface area is 210 Å².